The van der Waals surface area contributed by atoms with Gasteiger partial charge in [0.1, 0.15) is 0 Å². The molecule has 0 aliphatic carbocycles. The SMILES string of the molecule is C[C@@H](c1cccc([N+](=O)[O-])c1)N(C)C(=O)Nc1nccs1. The number of thiazole rings is 1. The van der Waals surface area contributed by atoms with E-state index in [4.69, 9.17) is 0 Å². The first-order valence-electron chi connectivity index (χ1n) is 6.16. The van der Waals surface area contributed by atoms with Crippen molar-refractivity contribution in [3.8, 4) is 0 Å². The van der Waals surface area contributed by atoms with Crippen LogP contribution in [0, 0.1) is 10.1 Å². The summed E-state index contributed by atoms with van der Waals surface area (Å²) in [5, 5.41) is 15.7. The zero-order valence-electron chi connectivity index (χ0n) is 11.5. The summed E-state index contributed by atoms with van der Waals surface area (Å²) in [5.41, 5.74) is 0.703. The highest BCUT2D eigenvalue weighted by molar-refractivity contribution is 7.13. The number of hydrogen-bond acceptors (Lipinski definition) is 5. The van der Waals surface area contributed by atoms with Crippen LogP contribution in [0.3, 0.4) is 0 Å². The van der Waals surface area contributed by atoms with Gasteiger partial charge in [0, 0.05) is 30.8 Å². The molecule has 0 saturated carbocycles. The van der Waals surface area contributed by atoms with E-state index in [1.54, 1.807) is 37.7 Å². The van der Waals surface area contributed by atoms with E-state index >= 15 is 0 Å². The predicted octanol–water partition coefficient (Wildman–Crippen LogP) is 3.28. The molecule has 1 heterocycles. The minimum atomic E-state index is -0.453. The molecule has 0 saturated heterocycles. The molecule has 7 nitrogen and oxygen atoms in total. The molecule has 0 radical (unpaired) electrons. The number of urea groups is 1. The standard InChI is InChI=1S/C13H14N4O3S/c1-9(10-4-3-5-11(8-10)17(19)20)16(2)13(18)15-12-14-6-7-21-12/h3-9H,1-2H3,(H,14,15,18)/t9-/m0/s1. The molecule has 0 unspecified atom stereocenters. The molecule has 1 aromatic carbocycles. The lowest BCUT2D eigenvalue weighted by Crippen LogP contribution is -2.33. The molecular formula is C13H14N4O3S. The molecule has 1 aromatic heterocycles. The number of carbonyl (C=O) groups excluding carboxylic acids is 1. The molecule has 2 amide bonds. The van der Waals surface area contributed by atoms with Crippen LogP contribution in [-0.2, 0) is 0 Å². The Balaban J connectivity index is 2.11. The number of non-ortho nitro benzene ring substituents is 1. The molecule has 0 aliphatic heterocycles. The summed E-state index contributed by atoms with van der Waals surface area (Å²) in [7, 11) is 1.63. The monoisotopic (exact) mass is 306 g/mol. The van der Waals surface area contributed by atoms with Crippen LogP contribution in [0.25, 0.3) is 0 Å². The number of rotatable bonds is 4. The van der Waals surface area contributed by atoms with Crippen molar-refractivity contribution in [3.63, 3.8) is 0 Å². The Morgan fingerprint density at radius 2 is 2.29 bits per heavy atom. The predicted molar refractivity (Wildman–Crippen MR) is 80.4 cm³/mol. The molecule has 0 aliphatic rings. The van der Waals surface area contributed by atoms with Gasteiger partial charge in [0.15, 0.2) is 5.13 Å². The first kappa shape index (κ1) is 14.9. The molecule has 2 aromatic rings. The van der Waals surface area contributed by atoms with Crippen LogP contribution in [0.4, 0.5) is 15.6 Å². The first-order chi connectivity index (χ1) is 9.99. The van der Waals surface area contributed by atoms with Gasteiger partial charge in [-0.3, -0.25) is 15.4 Å². The van der Waals surface area contributed by atoms with Crippen molar-refractivity contribution in [1.29, 1.82) is 0 Å². The lowest BCUT2D eigenvalue weighted by molar-refractivity contribution is -0.384. The maximum Gasteiger partial charge on any atom is 0.323 e. The second kappa shape index (κ2) is 6.31. The summed E-state index contributed by atoms with van der Waals surface area (Å²) in [6, 6.07) is 5.64. The van der Waals surface area contributed by atoms with Gasteiger partial charge in [-0.25, -0.2) is 9.78 Å². The highest BCUT2D eigenvalue weighted by Crippen LogP contribution is 2.23. The molecule has 8 heteroatoms. The molecule has 2 rings (SSSR count). The average molecular weight is 306 g/mol. The number of aromatic nitrogens is 1. The minimum absolute atomic E-state index is 0.00748. The van der Waals surface area contributed by atoms with E-state index in [1.165, 1.54) is 28.4 Å². The molecule has 1 atom stereocenters. The number of nitro groups is 1. The number of anilines is 1. The lowest BCUT2D eigenvalue weighted by atomic mass is 10.1. The fourth-order valence-electron chi connectivity index (χ4n) is 1.76. The number of nitro benzene ring substituents is 1. The van der Waals surface area contributed by atoms with Gasteiger partial charge in [0.05, 0.1) is 11.0 Å². The van der Waals surface area contributed by atoms with E-state index in [-0.39, 0.29) is 17.8 Å². The maximum absolute atomic E-state index is 12.1. The van der Waals surface area contributed by atoms with E-state index < -0.39 is 4.92 Å². The molecule has 21 heavy (non-hydrogen) atoms. The minimum Gasteiger partial charge on any atom is -0.321 e. The van der Waals surface area contributed by atoms with Gasteiger partial charge in [0.2, 0.25) is 0 Å². The molecular weight excluding hydrogens is 292 g/mol. The van der Waals surface area contributed by atoms with E-state index in [9.17, 15) is 14.9 Å². The summed E-state index contributed by atoms with van der Waals surface area (Å²) in [6.07, 6.45) is 1.60. The largest absolute Gasteiger partial charge is 0.323 e. The highest BCUT2D eigenvalue weighted by atomic mass is 32.1. The third-order valence-electron chi connectivity index (χ3n) is 3.11. The van der Waals surface area contributed by atoms with Gasteiger partial charge < -0.3 is 4.90 Å². The summed E-state index contributed by atoms with van der Waals surface area (Å²) < 4.78 is 0. The van der Waals surface area contributed by atoms with Crippen molar-refractivity contribution in [3.05, 3.63) is 51.5 Å². The first-order valence-corrected chi connectivity index (χ1v) is 7.04. The lowest BCUT2D eigenvalue weighted by Gasteiger charge is -2.24. The Morgan fingerprint density at radius 1 is 1.52 bits per heavy atom. The van der Waals surface area contributed by atoms with Crippen LogP contribution in [-0.4, -0.2) is 27.9 Å². The molecule has 0 spiro atoms. The van der Waals surface area contributed by atoms with Crippen molar-refractivity contribution in [1.82, 2.24) is 9.88 Å². The average Bonchev–Trinajstić information content (AvgIpc) is 2.98. The summed E-state index contributed by atoms with van der Waals surface area (Å²) in [5.74, 6) is 0. The summed E-state index contributed by atoms with van der Waals surface area (Å²) >= 11 is 1.32. The van der Waals surface area contributed by atoms with Gasteiger partial charge in [-0.2, -0.15) is 0 Å². The molecule has 0 bridgehead atoms. The van der Waals surface area contributed by atoms with E-state index in [1.807, 2.05) is 0 Å². The Morgan fingerprint density at radius 3 is 2.90 bits per heavy atom. The fourth-order valence-corrected chi connectivity index (χ4v) is 2.28. The van der Waals surface area contributed by atoms with Crippen molar-refractivity contribution >= 4 is 28.2 Å². The van der Waals surface area contributed by atoms with Crippen LogP contribution in [0.1, 0.15) is 18.5 Å². The van der Waals surface area contributed by atoms with Crippen LogP contribution in [0.15, 0.2) is 35.8 Å². The van der Waals surface area contributed by atoms with Crippen LogP contribution in [0.5, 0.6) is 0 Å². The second-order valence-corrected chi connectivity index (χ2v) is 5.30. The van der Waals surface area contributed by atoms with Crippen molar-refractivity contribution < 1.29 is 9.72 Å². The molecule has 110 valence electrons. The smallest absolute Gasteiger partial charge is 0.321 e. The van der Waals surface area contributed by atoms with E-state index in [0.29, 0.717) is 10.7 Å². The maximum atomic E-state index is 12.1. The van der Waals surface area contributed by atoms with Crippen LogP contribution in [0.2, 0.25) is 0 Å². The number of amides is 2. The van der Waals surface area contributed by atoms with Crippen LogP contribution >= 0.6 is 11.3 Å². The van der Waals surface area contributed by atoms with E-state index in [2.05, 4.69) is 10.3 Å². The Labute approximate surface area is 125 Å². The number of benzene rings is 1. The van der Waals surface area contributed by atoms with Gasteiger partial charge in [-0.1, -0.05) is 12.1 Å². The molecule has 0 fully saturated rings. The van der Waals surface area contributed by atoms with Gasteiger partial charge in [-0.15, -0.1) is 11.3 Å². The Bertz CT molecular complexity index is 645. The Hall–Kier alpha value is -2.48. The zero-order valence-corrected chi connectivity index (χ0v) is 12.3. The van der Waals surface area contributed by atoms with E-state index in [0.717, 1.165) is 0 Å². The third-order valence-corrected chi connectivity index (χ3v) is 3.80. The number of nitrogens with one attached hydrogen (secondary N) is 1. The Kier molecular flexibility index (Phi) is 4.49. The normalized spacial score (nSPS) is 11.7. The second-order valence-electron chi connectivity index (χ2n) is 4.41. The fraction of sp³-hybridized carbons (Fsp3) is 0.231. The summed E-state index contributed by atoms with van der Waals surface area (Å²) in [4.78, 5) is 27.9. The van der Waals surface area contributed by atoms with Gasteiger partial charge in [0.25, 0.3) is 5.69 Å². The van der Waals surface area contributed by atoms with Crippen molar-refractivity contribution in [2.24, 2.45) is 0 Å². The van der Waals surface area contributed by atoms with Gasteiger partial charge in [-0.05, 0) is 12.5 Å². The topological polar surface area (TPSA) is 88.4 Å². The van der Waals surface area contributed by atoms with Crippen molar-refractivity contribution in [2.45, 2.75) is 13.0 Å². The highest BCUT2D eigenvalue weighted by Gasteiger charge is 2.19. The van der Waals surface area contributed by atoms with Crippen LogP contribution < -0.4 is 5.32 Å². The zero-order chi connectivity index (χ0) is 15.4. The number of nitrogens with zero attached hydrogens (tertiary/aromatic N) is 3. The number of hydrogen-bond donors (Lipinski definition) is 1. The van der Waals surface area contributed by atoms with Crippen molar-refractivity contribution in [2.75, 3.05) is 12.4 Å². The number of carbonyl (C=O) groups is 1. The molecule has 1 N–H and O–H groups in total. The van der Waals surface area contributed by atoms with Gasteiger partial charge >= 0.3 is 6.03 Å². The third kappa shape index (κ3) is 3.54. The summed E-state index contributed by atoms with van der Waals surface area (Å²) in [6.45, 7) is 1.81. The quantitative estimate of drug-likeness (QED) is 0.693.